The molecule has 6 nitrogen and oxygen atoms in total. The first-order valence-corrected chi connectivity index (χ1v) is 14.0. The molecule has 0 saturated heterocycles. The summed E-state index contributed by atoms with van der Waals surface area (Å²) in [4.78, 5) is 40.3. The van der Waals surface area contributed by atoms with Crippen LogP contribution in [0.3, 0.4) is 0 Å². The fourth-order valence-corrected chi connectivity index (χ4v) is 6.82. The third kappa shape index (κ3) is 5.03. The van der Waals surface area contributed by atoms with Gasteiger partial charge in [0.15, 0.2) is 11.6 Å². The third-order valence-electron chi connectivity index (χ3n) is 9.49. The minimum Gasteiger partial charge on any atom is -0.507 e. The molecule has 6 heteroatoms. The Kier molecular flexibility index (Phi) is 8.55. The first-order chi connectivity index (χ1) is 17.6. The van der Waals surface area contributed by atoms with Gasteiger partial charge in [-0.25, -0.2) is 0 Å². The van der Waals surface area contributed by atoms with Crippen molar-refractivity contribution in [3.8, 4) is 0 Å². The molecule has 1 fully saturated rings. The van der Waals surface area contributed by atoms with Crippen LogP contribution >= 0.6 is 0 Å². The van der Waals surface area contributed by atoms with Gasteiger partial charge >= 0.3 is 5.97 Å². The van der Waals surface area contributed by atoms with Crippen LogP contribution in [0, 0.1) is 34.5 Å². The minimum absolute atomic E-state index is 0.0763. The second-order valence-corrected chi connectivity index (χ2v) is 12.8. The fraction of sp³-hybridized carbons (Fsp3) is 0.656. The second-order valence-electron chi connectivity index (χ2n) is 12.8. The van der Waals surface area contributed by atoms with Gasteiger partial charge in [-0.05, 0) is 70.6 Å². The van der Waals surface area contributed by atoms with Crippen LogP contribution in [-0.2, 0) is 19.1 Å². The Balaban J connectivity index is 2.30. The quantitative estimate of drug-likeness (QED) is 0.294. The summed E-state index contributed by atoms with van der Waals surface area (Å²) < 4.78 is 6.42. The van der Waals surface area contributed by atoms with Crippen molar-refractivity contribution in [2.75, 3.05) is 0 Å². The highest BCUT2D eigenvalue weighted by Gasteiger charge is 2.59. The van der Waals surface area contributed by atoms with Crippen LogP contribution in [0.1, 0.15) is 93.9 Å². The molecular formula is C32H46O6. The topological polar surface area (TPSA) is 101 Å². The number of aliphatic hydroxyl groups is 1. The molecule has 3 rings (SSSR count). The Morgan fingerprint density at radius 3 is 2.34 bits per heavy atom. The van der Waals surface area contributed by atoms with Crippen LogP contribution < -0.4 is 0 Å². The Hall–Kier alpha value is -2.63. The summed E-state index contributed by atoms with van der Waals surface area (Å²) in [6.07, 6.45) is 4.01. The summed E-state index contributed by atoms with van der Waals surface area (Å²) in [5.74, 6) is -2.39. The zero-order valence-corrected chi connectivity index (χ0v) is 24.4. The smallest absolute Gasteiger partial charge is 0.303 e. The van der Waals surface area contributed by atoms with Crippen molar-refractivity contribution in [2.24, 2.45) is 34.5 Å². The zero-order chi connectivity index (χ0) is 28.7. The van der Waals surface area contributed by atoms with Crippen LogP contribution in [0.25, 0.3) is 0 Å². The van der Waals surface area contributed by atoms with E-state index < -0.39 is 29.3 Å². The van der Waals surface area contributed by atoms with Gasteiger partial charge in [0.2, 0.25) is 0 Å². The van der Waals surface area contributed by atoms with E-state index in [2.05, 4.69) is 20.4 Å². The Morgan fingerprint density at radius 1 is 1.21 bits per heavy atom. The van der Waals surface area contributed by atoms with Crippen LogP contribution in [-0.4, -0.2) is 33.9 Å². The maximum absolute atomic E-state index is 14.7. The molecule has 0 aromatic carbocycles. The molecule has 1 heterocycles. The average molecular weight is 527 g/mol. The van der Waals surface area contributed by atoms with E-state index >= 15 is 0 Å². The number of carbonyl (C=O) groups is 3. The third-order valence-corrected chi connectivity index (χ3v) is 9.49. The number of ether oxygens (including phenoxy) is 1. The Bertz CT molecular complexity index is 1110. The number of hydrogen-bond donors (Lipinski definition) is 2. The number of carboxylic acid groups (broad SMARTS) is 1. The van der Waals surface area contributed by atoms with Gasteiger partial charge in [0.05, 0.1) is 23.3 Å². The van der Waals surface area contributed by atoms with E-state index in [1.54, 1.807) is 6.92 Å². The molecule has 38 heavy (non-hydrogen) atoms. The molecule has 2 aliphatic carbocycles. The van der Waals surface area contributed by atoms with E-state index in [1.807, 2.05) is 40.7 Å². The molecule has 1 aliphatic heterocycles. The molecule has 0 spiro atoms. The minimum atomic E-state index is -1.19. The summed E-state index contributed by atoms with van der Waals surface area (Å²) >= 11 is 0. The predicted molar refractivity (Wildman–Crippen MR) is 148 cm³/mol. The zero-order valence-electron chi connectivity index (χ0n) is 24.4. The number of hydrogen-bond acceptors (Lipinski definition) is 5. The highest BCUT2D eigenvalue weighted by molar-refractivity contribution is 6.12. The largest absolute Gasteiger partial charge is 0.507 e. The molecule has 0 amide bonds. The summed E-state index contributed by atoms with van der Waals surface area (Å²) in [7, 11) is 0. The van der Waals surface area contributed by atoms with Gasteiger partial charge in [0.25, 0.3) is 0 Å². The van der Waals surface area contributed by atoms with Crippen LogP contribution in [0.15, 0.2) is 46.5 Å². The predicted octanol–water partition coefficient (Wildman–Crippen LogP) is 7.12. The van der Waals surface area contributed by atoms with Crippen LogP contribution in [0.5, 0.6) is 0 Å². The molecule has 0 aromatic rings. The van der Waals surface area contributed by atoms with Gasteiger partial charge in [-0.2, -0.15) is 0 Å². The number of ketones is 2. The molecule has 1 saturated carbocycles. The number of allylic oxidation sites excluding steroid dienone is 6. The van der Waals surface area contributed by atoms with Crippen molar-refractivity contribution in [1.29, 1.82) is 0 Å². The molecule has 6 atom stereocenters. The molecule has 210 valence electrons. The van der Waals surface area contributed by atoms with E-state index in [0.717, 1.165) is 17.6 Å². The number of aliphatic hydroxyl groups excluding tert-OH is 1. The number of carboxylic acids is 1. The lowest BCUT2D eigenvalue weighted by molar-refractivity contribution is -0.138. The van der Waals surface area contributed by atoms with E-state index in [4.69, 9.17) is 4.74 Å². The van der Waals surface area contributed by atoms with Crippen molar-refractivity contribution >= 4 is 17.5 Å². The average Bonchev–Trinajstić information content (AvgIpc) is 2.80. The fourth-order valence-electron chi connectivity index (χ4n) is 6.82. The molecule has 6 unspecified atom stereocenters. The Morgan fingerprint density at radius 2 is 1.84 bits per heavy atom. The standard InChI is InChI=1S/C32H46O6/c1-10-11-21(14-24(33)34)25-28(36)26-27(35)19(6)20(7)38-30(26)32(29(25)37,13-12-17(2)3)16-22-15-23(18(4)5)31(22,8)9/h12,19-23,36H,4,10-11,13-16H2,1-3,5-9H3,(H,33,34). The normalized spacial score (nSPS) is 31.3. The second kappa shape index (κ2) is 10.9. The van der Waals surface area contributed by atoms with Crippen LogP contribution in [0.4, 0.5) is 0 Å². The van der Waals surface area contributed by atoms with Crippen molar-refractivity contribution < 1.29 is 29.3 Å². The van der Waals surface area contributed by atoms with E-state index in [1.165, 1.54) is 0 Å². The highest BCUT2D eigenvalue weighted by Crippen LogP contribution is 2.61. The lowest BCUT2D eigenvalue weighted by atomic mass is 9.48. The summed E-state index contributed by atoms with van der Waals surface area (Å²) in [6, 6.07) is 0. The molecule has 2 N–H and O–H groups in total. The van der Waals surface area contributed by atoms with Gasteiger partial charge in [-0.3, -0.25) is 14.4 Å². The number of carbonyl (C=O) groups excluding carboxylic acids is 2. The number of rotatable bonds is 10. The first kappa shape index (κ1) is 29.9. The van der Waals surface area contributed by atoms with E-state index in [-0.39, 0.29) is 52.0 Å². The van der Waals surface area contributed by atoms with Gasteiger partial charge < -0.3 is 14.9 Å². The molecule has 0 aromatic heterocycles. The van der Waals surface area contributed by atoms with Crippen molar-refractivity contribution in [1.82, 2.24) is 0 Å². The Labute approximate surface area is 227 Å². The van der Waals surface area contributed by atoms with Crippen molar-refractivity contribution in [3.63, 3.8) is 0 Å². The molecule has 3 aliphatic rings. The van der Waals surface area contributed by atoms with Crippen molar-refractivity contribution in [3.05, 3.63) is 46.5 Å². The number of aliphatic carboxylic acids is 1. The SMILES string of the molecule is C=C(C)C1CC(CC2(CC=C(C)C)C(=O)C(C(CCC)CC(=O)O)=C(O)C3=C2OC(C)C(C)C3=O)C1(C)C. The van der Waals surface area contributed by atoms with E-state index in [0.29, 0.717) is 31.6 Å². The summed E-state index contributed by atoms with van der Waals surface area (Å²) in [5.41, 5.74) is 1.02. The first-order valence-electron chi connectivity index (χ1n) is 14.0. The van der Waals surface area contributed by atoms with Crippen LogP contribution in [0.2, 0.25) is 0 Å². The monoisotopic (exact) mass is 526 g/mol. The maximum Gasteiger partial charge on any atom is 0.303 e. The van der Waals surface area contributed by atoms with Gasteiger partial charge in [-0.1, -0.05) is 57.9 Å². The summed E-state index contributed by atoms with van der Waals surface area (Å²) in [5, 5.41) is 21.2. The molecule has 0 radical (unpaired) electrons. The molecule has 0 bridgehead atoms. The maximum atomic E-state index is 14.7. The van der Waals surface area contributed by atoms with Gasteiger partial charge in [0.1, 0.15) is 17.6 Å². The van der Waals surface area contributed by atoms with Gasteiger partial charge in [0, 0.05) is 11.5 Å². The van der Waals surface area contributed by atoms with Gasteiger partial charge in [-0.15, -0.1) is 0 Å². The van der Waals surface area contributed by atoms with E-state index in [9.17, 15) is 24.6 Å². The lowest BCUT2D eigenvalue weighted by Gasteiger charge is -2.56. The summed E-state index contributed by atoms with van der Waals surface area (Å²) in [6.45, 7) is 20.1. The van der Waals surface area contributed by atoms with Crippen molar-refractivity contribution in [2.45, 2.75) is 100 Å². The number of Topliss-reactive ketones (excluding diaryl/α,β-unsaturated/α-hetero) is 2. The lowest BCUT2D eigenvalue weighted by Crippen LogP contribution is -2.53. The highest BCUT2D eigenvalue weighted by atomic mass is 16.5. The molecular weight excluding hydrogens is 480 g/mol.